The molecule has 1 aromatic heterocycles. The van der Waals surface area contributed by atoms with E-state index in [0.29, 0.717) is 16.8 Å². The summed E-state index contributed by atoms with van der Waals surface area (Å²) in [5.41, 5.74) is -0.169. The van der Waals surface area contributed by atoms with Crippen LogP contribution >= 0.6 is 0 Å². The van der Waals surface area contributed by atoms with Gasteiger partial charge in [0.2, 0.25) is 11.5 Å². The zero-order chi connectivity index (χ0) is 20.6. The van der Waals surface area contributed by atoms with E-state index < -0.39 is 35.5 Å². The van der Waals surface area contributed by atoms with Gasteiger partial charge in [0.05, 0.1) is 12.1 Å². The highest BCUT2D eigenvalue weighted by molar-refractivity contribution is 5.91. The second-order valence-corrected chi connectivity index (χ2v) is 7.28. The normalized spacial score (nSPS) is 29.4. The van der Waals surface area contributed by atoms with Gasteiger partial charge in [0.15, 0.2) is 6.10 Å². The van der Waals surface area contributed by atoms with E-state index in [9.17, 15) is 19.2 Å². The van der Waals surface area contributed by atoms with Crippen LogP contribution in [0.1, 0.15) is 62.7 Å². The Bertz CT molecular complexity index is 881. The second-order valence-electron chi connectivity index (χ2n) is 7.28. The lowest BCUT2D eigenvalue weighted by molar-refractivity contribution is -0.187. The molecule has 0 bridgehead atoms. The minimum absolute atomic E-state index is 0.0422. The van der Waals surface area contributed by atoms with Crippen molar-refractivity contribution >= 4 is 23.8 Å². The minimum Gasteiger partial charge on any atom is -0.458 e. The van der Waals surface area contributed by atoms with Crippen molar-refractivity contribution in [2.45, 2.75) is 58.8 Å². The number of rotatable bonds is 1. The SMILES string of the molecule is C/C=C1/C[C@@H](C)[C@](C)(OC(C)=O)C(=O)OCc2ccn3c2[C@H](CC3=O)OC1=O. The van der Waals surface area contributed by atoms with E-state index in [1.165, 1.54) is 18.4 Å². The van der Waals surface area contributed by atoms with Gasteiger partial charge in [-0.3, -0.25) is 14.2 Å². The van der Waals surface area contributed by atoms with Crippen LogP contribution in [-0.4, -0.2) is 34.0 Å². The van der Waals surface area contributed by atoms with E-state index >= 15 is 0 Å². The predicted molar refractivity (Wildman–Crippen MR) is 96.0 cm³/mol. The molecule has 0 spiro atoms. The van der Waals surface area contributed by atoms with Gasteiger partial charge in [0.1, 0.15) is 6.61 Å². The van der Waals surface area contributed by atoms with Crippen LogP contribution < -0.4 is 0 Å². The van der Waals surface area contributed by atoms with Gasteiger partial charge < -0.3 is 14.2 Å². The smallest absolute Gasteiger partial charge is 0.350 e. The third kappa shape index (κ3) is 3.34. The summed E-state index contributed by atoms with van der Waals surface area (Å²) < 4.78 is 17.8. The molecule has 3 atom stereocenters. The average Bonchev–Trinajstić information content (AvgIpc) is 3.17. The maximum atomic E-state index is 12.8. The maximum absolute atomic E-state index is 12.8. The lowest BCUT2D eigenvalue weighted by atomic mass is 9.85. The highest BCUT2D eigenvalue weighted by atomic mass is 16.6. The molecular weight excluding hydrogens is 366 g/mol. The van der Waals surface area contributed by atoms with Crippen molar-refractivity contribution in [3.63, 3.8) is 0 Å². The Morgan fingerprint density at radius 2 is 2.04 bits per heavy atom. The molecule has 8 heteroatoms. The highest BCUT2D eigenvalue weighted by Crippen LogP contribution is 2.36. The topological polar surface area (TPSA) is 101 Å². The molecule has 0 aromatic carbocycles. The molecule has 0 amide bonds. The van der Waals surface area contributed by atoms with Crippen molar-refractivity contribution in [2.75, 3.05) is 0 Å². The summed E-state index contributed by atoms with van der Waals surface area (Å²) in [6.07, 6.45) is 2.62. The molecule has 28 heavy (non-hydrogen) atoms. The number of ether oxygens (including phenoxy) is 3. The Morgan fingerprint density at radius 1 is 1.32 bits per heavy atom. The van der Waals surface area contributed by atoms with Gasteiger partial charge in [-0.1, -0.05) is 13.0 Å². The van der Waals surface area contributed by atoms with Crippen molar-refractivity contribution in [3.05, 3.63) is 35.2 Å². The number of hydrogen-bond acceptors (Lipinski definition) is 7. The first-order valence-electron chi connectivity index (χ1n) is 9.13. The van der Waals surface area contributed by atoms with Gasteiger partial charge in [0.25, 0.3) is 0 Å². The minimum atomic E-state index is -1.57. The number of carbonyl (C=O) groups excluding carboxylic acids is 4. The molecule has 0 N–H and O–H groups in total. The van der Waals surface area contributed by atoms with Crippen LogP contribution in [0.25, 0.3) is 0 Å². The highest BCUT2D eigenvalue weighted by Gasteiger charge is 2.46. The zero-order valence-corrected chi connectivity index (χ0v) is 16.3. The number of esters is 3. The lowest BCUT2D eigenvalue weighted by Gasteiger charge is -2.33. The summed E-state index contributed by atoms with van der Waals surface area (Å²) in [6, 6.07) is 1.65. The van der Waals surface area contributed by atoms with E-state index in [2.05, 4.69) is 0 Å². The van der Waals surface area contributed by atoms with E-state index in [4.69, 9.17) is 14.2 Å². The number of nitrogens with zero attached hydrogens (tertiary/aromatic N) is 1. The molecular formula is C20H23NO7. The lowest BCUT2D eigenvalue weighted by Crippen LogP contribution is -2.47. The van der Waals surface area contributed by atoms with Crippen molar-refractivity contribution in [3.8, 4) is 0 Å². The van der Waals surface area contributed by atoms with Crippen LogP contribution in [-0.2, 0) is 35.2 Å². The number of hydrogen-bond donors (Lipinski definition) is 0. The fourth-order valence-electron chi connectivity index (χ4n) is 3.61. The molecule has 8 nitrogen and oxygen atoms in total. The Kier molecular flexibility index (Phi) is 5.14. The van der Waals surface area contributed by atoms with Crippen LogP contribution in [0.2, 0.25) is 0 Å². The van der Waals surface area contributed by atoms with Crippen LogP contribution in [0.3, 0.4) is 0 Å². The van der Waals surface area contributed by atoms with E-state index in [0.717, 1.165) is 0 Å². The molecule has 3 heterocycles. The molecule has 0 fully saturated rings. The van der Waals surface area contributed by atoms with Gasteiger partial charge >= 0.3 is 17.9 Å². The summed E-state index contributed by atoms with van der Waals surface area (Å²) in [5.74, 6) is -2.64. The third-order valence-corrected chi connectivity index (χ3v) is 5.39. The molecule has 2 aliphatic heterocycles. The summed E-state index contributed by atoms with van der Waals surface area (Å²) >= 11 is 0. The first kappa shape index (κ1) is 19.9. The first-order valence-corrected chi connectivity index (χ1v) is 9.13. The average molecular weight is 389 g/mol. The quantitative estimate of drug-likeness (QED) is 0.413. The number of cyclic esters (lactones) is 1. The molecule has 0 aliphatic carbocycles. The van der Waals surface area contributed by atoms with Crippen molar-refractivity contribution in [1.29, 1.82) is 0 Å². The predicted octanol–water partition coefficient (Wildman–Crippen LogP) is 2.47. The van der Waals surface area contributed by atoms with Crippen molar-refractivity contribution in [2.24, 2.45) is 5.92 Å². The fourth-order valence-corrected chi connectivity index (χ4v) is 3.61. The monoisotopic (exact) mass is 389 g/mol. The molecule has 150 valence electrons. The molecule has 3 rings (SSSR count). The second kappa shape index (κ2) is 7.26. The Morgan fingerprint density at radius 3 is 2.68 bits per heavy atom. The van der Waals surface area contributed by atoms with Gasteiger partial charge in [-0.05, 0) is 26.3 Å². The van der Waals surface area contributed by atoms with Crippen LogP contribution in [0.4, 0.5) is 0 Å². The van der Waals surface area contributed by atoms with Gasteiger partial charge in [-0.2, -0.15) is 0 Å². The zero-order valence-electron chi connectivity index (χ0n) is 16.3. The van der Waals surface area contributed by atoms with Crippen molar-refractivity contribution in [1.82, 2.24) is 4.57 Å². The van der Waals surface area contributed by atoms with Gasteiger partial charge in [-0.15, -0.1) is 0 Å². The number of aromatic nitrogens is 1. The molecule has 0 radical (unpaired) electrons. The Hall–Kier alpha value is -2.90. The van der Waals surface area contributed by atoms with Crippen LogP contribution in [0, 0.1) is 5.92 Å². The maximum Gasteiger partial charge on any atom is 0.350 e. The largest absolute Gasteiger partial charge is 0.458 e. The van der Waals surface area contributed by atoms with E-state index in [1.807, 2.05) is 0 Å². The number of carbonyl (C=O) groups is 4. The third-order valence-electron chi connectivity index (χ3n) is 5.39. The Labute approximate surface area is 162 Å². The van der Waals surface area contributed by atoms with E-state index in [1.54, 1.807) is 32.2 Å². The first-order chi connectivity index (χ1) is 13.2. The molecule has 2 aliphatic rings. The molecule has 1 aromatic rings. The van der Waals surface area contributed by atoms with Crippen molar-refractivity contribution < 1.29 is 33.4 Å². The molecule has 0 saturated carbocycles. The molecule has 0 saturated heterocycles. The standard InChI is InChI=1S/C20H23NO7/c1-5-13-8-11(2)20(4,28-12(3)22)19(25)26-10-14-6-7-21-16(23)9-15(17(14)21)27-18(13)24/h5-7,11,15H,8-10H2,1-4H3/b13-5-/t11-,15+,20+/m1/s1. The number of allylic oxidation sites excluding steroid dienone is 1. The fraction of sp³-hybridized carbons (Fsp3) is 0.500. The summed E-state index contributed by atoms with van der Waals surface area (Å²) in [6.45, 7) is 5.95. The molecule has 0 unspecified atom stereocenters. The summed E-state index contributed by atoms with van der Waals surface area (Å²) in [4.78, 5) is 49.4. The van der Waals surface area contributed by atoms with Crippen LogP contribution in [0.5, 0.6) is 0 Å². The van der Waals surface area contributed by atoms with Gasteiger partial charge in [0, 0.05) is 30.2 Å². The summed E-state index contributed by atoms with van der Waals surface area (Å²) in [5, 5.41) is 0. The summed E-state index contributed by atoms with van der Waals surface area (Å²) in [7, 11) is 0. The Balaban J connectivity index is 2.04. The van der Waals surface area contributed by atoms with Crippen LogP contribution in [0.15, 0.2) is 23.9 Å². The van der Waals surface area contributed by atoms with E-state index in [-0.39, 0.29) is 25.4 Å². The van der Waals surface area contributed by atoms with Gasteiger partial charge in [-0.25, -0.2) is 9.59 Å².